The van der Waals surface area contributed by atoms with Gasteiger partial charge in [0.05, 0.1) is 17.9 Å². The molecule has 2 rings (SSSR count). The van der Waals surface area contributed by atoms with Crippen LogP contribution in [0.5, 0.6) is 0 Å². The molecule has 0 fully saturated rings. The zero-order valence-corrected chi connectivity index (χ0v) is 11.6. The van der Waals surface area contributed by atoms with Crippen LogP contribution in [0.15, 0.2) is 18.3 Å². The molecule has 0 aromatic carbocycles. The Labute approximate surface area is 112 Å². The summed E-state index contributed by atoms with van der Waals surface area (Å²) in [5, 5.41) is 4.51. The van der Waals surface area contributed by atoms with E-state index in [1.807, 2.05) is 23.7 Å². The van der Waals surface area contributed by atoms with E-state index in [1.54, 1.807) is 6.20 Å². The van der Waals surface area contributed by atoms with Crippen molar-refractivity contribution >= 4 is 17.2 Å². The van der Waals surface area contributed by atoms with Crippen molar-refractivity contribution < 1.29 is 0 Å². The standard InChI is InChI=1S/C13H16N4S/c1-8-9(2)16-17(10(8)3)7-11-4-5-15-12(6-11)13(14)18/h4-6H,7H2,1-3H3,(H2,14,18). The van der Waals surface area contributed by atoms with Gasteiger partial charge in [-0.05, 0) is 44.0 Å². The topological polar surface area (TPSA) is 56.7 Å². The fraction of sp³-hybridized carbons (Fsp3) is 0.308. The molecule has 0 bridgehead atoms. The summed E-state index contributed by atoms with van der Waals surface area (Å²) < 4.78 is 1.99. The highest BCUT2D eigenvalue weighted by atomic mass is 32.1. The molecule has 0 saturated heterocycles. The predicted octanol–water partition coefficient (Wildman–Crippen LogP) is 1.89. The van der Waals surface area contributed by atoms with Crippen molar-refractivity contribution in [2.45, 2.75) is 27.3 Å². The van der Waals surface area contributed by atoms with Crippen LogP contribution >= 0.6 is 12.2 Å². The lowest BCUT2D eigenvalue weighted by Crippen LogP contribution is -2.12. The summed E-state index contributed by atoms with van der Waals surface area (Å²) in [6, 6.07) is 3.86. The SMILES string of the molecule is Cc1nn(Cc2ccnc(C(N)=S)c2)c(C)c1C. The van der Waals surface area contributed by atoms with Crippen LogP contribution in [0, 0.1) is 20.8 Å². The van der Waals surface area contributed by atoms with Gasteiger partial charge < -0.3 is 5.73 Å². The summed E-state index contributed by atoms with van der Waals surface area (Å²) in [4.78, 5) is 4.45. The number of pyridine rings is 1. The van der Waals surface area contributed by atoms with Gasteiger partial charge in [-0.2, -0.15) is 5.10 Å². The molecule has 0 aliphatic heterocycles. The smallest absolute Gasteiger partial charge is 0.122 e. The maximum atomic E-state index is 5.58. The Bertz CT molecular complexity index is 601. The minimum atomic E-state index is 0.321. The van der Waals surface area contributed by atoms with Gasteiger partial charge in [-0.3, -0.25) is 9.67 Å². The van der Waals surface area contributed by atoms with E-state index in [4.69, 9.17) is 18.0 Å². The van der Waals surface area contributed by atoms with Crippen molar-refractivity contribution in [3.63, 3.8) is 0 Å². The molecule has 2 N–H and O–H groups in total. The van der Waals surface area contributed by atoms with Crippen LogP contribution in [0.25, 0.3) is 0 Å². The van der Waals surface area contributed by atoms with Crippen LogP contribution < -0.4 is 5.73 Å². The van der Waals surface area contributed by atoms with E-state index < -0.39 is 0 Å². The molecule has 0 spiro atoms. The first-order valence-corrected chi connectivity index (χ1v) is 6.15. The Morgan fingerprint density at radius 1 is 1.39 bits per heavy atom. The molecule has 0 unspecified atom stereocenters. The molecule has 0 aliphatic carbocycles. The fourth-order valence-electron chi connectivity index (χ4n) is 1.82. The van der Waals surface area contributed by atoms with Crippen molar-refractivity contribution in [2.75, 3.05) is 0 Å². The van der Waals surface area contributed by atoms with Crippen molar-refractivity contribution in [3.05, 3.63) is 46.5 Å². The lowest BCUT2D eigenvalue weighted by atomic mass is 10.2. The van der Waals surface area contributed by atoms with Gasteiger partial charge in [0.15, 0.2) is 0 Å². The normalized spacial score (nSPS) is 10.6. The van der Waals surface area contributed by atoms with E-state index in [0.717, 1.165) is 11.3 Å². The Morgan fingerprint density at radius 3 is 2.67 bits per heavy atom. The third kappa shape index (κ3) is 2.41. The number of aryl methyl sites for hydroxylation is 1. The Balaban J connectivity index is 2.31. The van der Waals surface area contributed by atoms with Crippen molar-refractivity contribution in [3.8, 4) is 0 Å². The molecule has 0 radical (unpaired) electrons. The molecule has 5 heteroatoms. The largest absolute Gasteiger partial charge is 0.388 e. The Hall–Kier alpha value is -1.75. The maximum Gasteiger partial charge on any atom is 0.122 e. The predicted molar refractivity (Wildman–Crippen MR) is 75.7 cm³/mol. The lowest BCUT2D eigenvalue weighted by molar-refractivity contribution is 0.658. The van der Waals surface area contributed by atoms with Crippen LogP contribution in [0.4, 0.5) is 0 Å². The second kappa shape index (κ2) is 4.86. The number of thiocarbonyl (C=S) groups is 1. The van der Waals surface area contributed by atoms with Gasteiger partial charge in [0.25, 0.3) is 0 Å². The summed E-state index contributed by atoms with van der Waals surface area (Å²) in [5.41, 5.74) is 10.8. The minimum Gasteiger partial charge on any atom is -0.388 e. The van der Waals surface area contributed by atoms with E-state index in [9.17, 15) is 0 Å². The summed E-state index contributed by atoms with van der Waals surface area (Å²) in [7, 11) is 0. The molecular formula is C13H16N4S. The van der Waals surface area contributed by atoms with E-state index in [-0.39, 0.29) is 0 Å². The number of nitrogens with two attached hydrogens (primary N) is 1. The van der Waals surface area contributed by atoms with Gasteiger partial charge in [-0.15, -0.1) is 0 Å². The fourth-order valence-corrected chi connectivity index (χ4v) is 1.93. The zero-order valence-electron chi connectivity index (χ0n) is 10.8. The summed E-state index contributed by atoms with van der Waals surface area (Å²) in [6.07, 6.45) is 1.72. The molecule has 18 heavy (non-hydrogen) atoms. The monoisotopic (exact) mass is 260 g/mol. The maximum absolute atomic E-state index is 5.58. The van der Waals surface area contributed by atoms with E-state index in [1.165, 1.54) is 11.3 Å². The molecule has 0 aliphatic rings. The third-order valence-corrected chi connectivity index (χ3v) is 3.36. The zero-order chi connectivity index (χ0) is 13.3. The highest BCUT2D eigenvalue weighted by Gasteiger charge is 2.08. The second-order valence-electron chi connectivity index (χ2n) is 4.37. The van der Waals surface area contributed by atoms with Crippen LogP contribution in [0.2, 0.25) is 0 Å². The number of nitrogens with zero attached hydrogens (tertiary/aromatic N) is 3. The summed E-state index contributed by atoms with van der Waals surface area (Å²) >= 11 is 4.93. The average molecular weight is 260 g/mol. The third-order valence-electron chi connectivity index (χ3n) is 3.15. The highest BCUT2D eigenvalue weighted by Crippen LogP contribution is 2.13. The van der Waals surface area contributed by atoms with Gasteiger partial charge >= 0.3 is 0 Å². The second-order valence-corrected chi connectivity index (χ2v) is 4.81. The summed E-state index contributed by atoms with van der Waals surface area (Å²) in [6.45, 7) is 6.89. The molecule has 2 aromatic heterocycles. The van der Waals surface area contributed by atoms with Gasteiger partial charge in [0.1, 0.15) is 4.99 Å². The van der Waals surface area contributed by atoms with Gasteiger partial charge in [-0.1, -0.05) is 12.2 Å². The molecule has 4 nitrogen and oxygen atoms in total. The molecule has 2 heterocycles. The quantitative estimate of drug-likeness (QED) is 0.856. The van der Waals surface area contributed by atoms with Gasteiger partial charge in [0.2, 0.25) is 0 Å². The minimum absolute atomic E-state index is 0.321. The van der Waals surface area contributed by atoms with Crippen molar-refractivity contribution in [2.24, 2.45) is 5.73 Å². The van der Waals surface area contributed by atoms with Crippen LogP contribution in [-0.2, 0) is 6.54 Å². The molecule has 0 saturated carbocycles. The number of hydrogen-bond acceptors (Lipinski definition) is 3. The van der Waals surface area contributed by atoms with Crippen LogP contribution in [0.3, 0.4) is 0 Å². The lowest BCUT2D eigenvalue weighted by Gasteiger charge is -2.06. The summed E-state index contributed by atoms with van der Waals surface area (Å²) in [5.74, 6) is 0. The van der Waals surface area contributed by atoms with Crippen molar-refractivity contribution in [1.29, 1.82) is 0 Å². The molecule has 0 atom stereocenters. The Kier molecular flexibility index (Phi) is 3.43. The molecule has 0 amide bonds. The van der Waals surface area contributed by atoms with E-state index >= 15 is 0 Å². The van der Waals surface area contributed by atoms with E-state index in [0.29, 0.717) is 17.2 Å². The Morgan fingerprint density at radius 2 is 2.11 bits per heavy atom. The van der Waals surface area contributed by atoms with Crippen LogP contribution in [-0.4, -0.2) is 19.8 Å². The number of hydrogen-bond donors (Lipinski definition) is 1. The van der Waals surface area contributed by atoms with Gasteiger partial charge in [-0.25, -0.2) is 0 Å². The van der Waals surface area contributed by atoms with Crippen molar-refractivity contribution in [1.82, 2.24) is 14.8 Å². The van der Waals surface area contributed by atoms with Crippen LogP contribution in [0.1, 0.15) is 28.2 Å². The first-order chi connectivity index (χ1) is 8.49. The number of aromatic nitrogens is 3. The highest BCUT2D eigenvalue weighted by molar-refractivity contribution is 7.80. The average Bonchev–Trinajstić information content (AvgIpc) is 2.57. The molecule has 94 valence electrons. The first kappa shape index (κ1) is 12.7. The molecule has 2 aromatic rings. The molecular weight excluding hydrogens is 244 g/mol. The first-order valence-electron chi connectivity index (χ1n) is 5.74. The van der Waals surface area contributed by atoms with E-state index in [2.05, 4.69) is 23.9 Å². The number of rotatable bonds is 3. The van der Waals surface area contributed by atoms with Gasteiger partial charge in [0, 0.05) is 11.9 Å².